The topological polar surface area (TPSA) is 61.5 Å². The number of esters is 1. The number of ether oxygens (including phenoxy) is 2. The summed E-state index contributed by atoms with van der Waals surface area (Å²) in [5.74, 6) is -0.130. The molecule has 4 heteroatoms. The first-order valence-electron chi connectivity index (χ1n) is 5.84. The Kier molecular flexibility index (Phi) is 2.37. The van der Waals surface area contributed by atoms with Gasteiger partial charge in [0.1, 0.15) is 5.60 Å². The van der Waals surface area contributed by atoms with E-state index in [0.29, 0.717) is 19.4 Å². The van der Waals surface area contributed by atoms with Gasteiger partial charge in [0.25, 0.3) is 0 Å². The van der Waals surface area contributed by atoms with E-state index >= 15 is 0 Å². The summed E-state index contributed by atoms with van der Waals surface area (Å²) in [7, 11) is 0. The van der Waals surface area contributed by atoms with E-state index in [1.165, 1.54) is 0 Å². The molecule has 2 bridgehead atoms. The van der Waals surface area contributed by atoms with Crippen molar-refractivity contribution in [1.29, 1.82) is 0 Å². The molecular formula is C12H21NO3. The number of carbonyl (C=O) groups is 1. The van der Waals surface area contributed by atoms with E-state index < -0.39 is 11.0 Å². The van der Waals surface area contributed by atoms with Crippen molar-refractivity contribution >= 4 is 5.97 Å². The van der Waals surface area contributed by atoms with Crippen LogP contribution in [0.1, 0.15) is 40.5 Å². The van der Waals surface area contributed by atoms with Crippen LogP contribution in [0.25, 0.3) is 0 Å². The maximum absolute atomic E-state index is 12.1. The number of nitrogens with two attached hydrogens (primary N) is 1. The zero-order valence-corrected chi connectivity index (χ0v) is 10.5. The number of rotatable bonds is 2. The van der Waals surface area contributed by atoms with Crippen LogP contribution < -0.4 is 5.73 Å². The van der Waals surface area contributed by atoms with Crippen LogP contribution in [0.15, 0.2) is 0 Å². The zero-order chi connectivity index (χ0) is 12.2. The van der Waals surface area contributed by atoms with Gasteiger partial charge in [-0.3, -0.25) is 4.79 Å². The number of hydrogen-bond acceptors (Lipinski definition) is 4. The summed E-state index contributed by atoms with van der Waals surface area (Å²) in [6.07, 6.45) is 1.35. The van der Waals surface area contributed by atoms with E-state index in [9.17, 15) is 4.79 Å². The Morgan fingerprint density at radius 1 is 1.50 bits per heavy atom. The lowest BCUT2D eigenvalue weighted by Gasteiger charge is -2.43. The first-order valence-corrected chi connectivity index (χ1v) is 5.84. The van der Waals surface area contributed by atoms with Gasteiger partial charge in [-0.2, -0.15) is 0 Å². The molecule has 1 aliphatic carbocycles. The van der Waals surface area contributed by atoms with E-state index in [0.717, 1.165) is 0 Å². The average molecular weight is 227 g/mol. The lowest BCUT2D eigenvalue weighted by atomic mass is 9.60. The van der Waals surface area contributed by atoms with Gasteiger partial charge in [-0.15, -0.1) is 0 Å². The van der Waals surface area contributed by atoms with Crippen molar-refractivity contribution in [3.63, 3.8) is 0 Å². The third-order valence-electron chi connectivity index (χ3n) is 3.66. The summed E-state index contributed by atoms with van der Waals surface area (Å²) in [6.45, 7) is 8.08. The van der Waals surface area contributed by atoms with E-state index in [2.05, 4.69) is 0 Å². The van der Waals surface area contributed by atoms with Gasteiger partial charge in [0, 0.05) is 6.54 Å². The molecule has 1 unspecified atom stereocenters. The highest BCUT2D eigenvalue weighted by Gasteiger charge is 2.70. The minimum Gasteiger partial charge on any atom is -0.459 e. The SMILES string of the molecule is CC1OC2(CN)CC1(C(=O)OC(C)(C)C)C2. The molecule has 3 fully saturated rings. The highest BCUT2D eigenvalue weighted by Crippen LogP contribution is 2.61. The molecule has 2 heterocycles. The Morgan fingerprint density at radius 2 is 2.06 bits per heavy atom. The maximum atomic E-state index is 12.1. The van der Waals surface area contributed by atoms with Crippen molar-refractivity contribution in [2.75, 3.05) is 6.54 Å². The number of carbonyl (C=O) groups excluding carboxylic acids is 1. The molecule has 3 rings (SSSR count). The second-order valence-electron chi connectivity index (χ2n) is 6.16. The van der Waals surface area contributed by atoms with Crippen LogP contribution in [-0.4, -0.2) is 29.8 Å². The van der Waals surface area contributed by atoms with Crippen LogP contribution in [0.2, 0.25) is 0 Å². The van der Waals surface area contributed by atoms with Gasteiger partial charge in [0.2, 0.25) is 0 Å². The molecule has 16 heavy (non-hydrogen) atoms. The van der Waals surface area contributed by atoms with Crippen LogP contribution in [0.3, 0.4) is 0 Å². The molecule has 2 saturated heterocycles. The Bertz CT molecular complexity index is 313. The maximum Gasteiger partial charge on any atom is 0.315 e. The Hall–Kier alpha value is -0.610. The molecule has 0 aromatic rings. The lowest BCUT2D eigenvalue weighted by Crippen LogP contribution is -2.54. The first kappa shape index (κ1) is 11.9. The molecule has 0 radical (unpaired) electrons. The fourth-order valence-electron chi connectivity index (χ4n) is 2.84. The van der Waals surface area contributed by atoms with Gasteiger partial charge in [-0.25, -0.2) is 0 Å². The Balaban J connectivity index is 2.09. The van der Waals surface area contributed by atoms with Crippen molar-refractivity contribution < 1.29 is 14.3 Å². The molecule has 92 valence electrons. The van der Waals surface area contributed by atoms with Gasteiger partial charge >= 0.3 is 5.97 Å². The van der Waals surface area contributed by atoms with Crippen molar-refractivity contribution in [2.24, 2.45) is 11.1 Å². The summed E-state index contributed by atoms with van der Waals surface area (Å²) < 4.78 is 11.2. The van der Waals surface area contributed by atoms with E-state index in [1.54, 1.807) is 0 Å². The second kappa shape index (κ2) is 3.20. The Labute approximate surface area is 96.5 Å². The normalized spacial score (nSPS) is 41.7. The van der Waals surface area contributed by atoms with Gasteiger partial charge in [0.05, 0.1) is 17.1 Å². The standard InChI is InChI=1S/C12H21NO3/c1-8-12(9(14)16-10(2,3)4)5-11(6-12,7-13)15-8/h8H,5-7,13H2,1-4H3. The molecule has 0 spiro atoms. The van der Waals surface area contributed by atoms with Gasteiger partial charge in [-0.1, -0.05) is 0 Å². The van der Waals surface area contributed by atoms with Crippen LogP contribution in [-0.2, 0) is 14.3 Å². The minimum atomic E-state index is -0.438. The fraction of sp³-hybridized carbons (Fsp3) is 0.917. The minimum absolute atomic E-state index is 0.0779. The first-order chi connectivity index (χ1) is 7.23. The van der Waals surface area contributed by atoms with Crippen LogP contribution in [0.5, 0.6) is 0 Å². The molecule has 1 atom stereocenters. The molecule has 0 aromatic carbocycles. The number of fused-ring (bicyclic) bond motifs is 1. The molecule has 1 saturated carbocycles. The van der Waals surface area contributed by atoms with Gasteiger partial charge in [-0.05, 0) is 40.5 Å². The number of hydrogen-bond donors (Lipinski definition) is 1. The smallest absolute Gasteiger partial charge is 0.315 e. The van der Waals surface area contributed by atoms with Crippen LogP contribution in [0.4, 0.5) is 0 Å². The molecule has 0 amide bonds. The van der Waals surface area contributed by atoms with E-state index in [1.807, 2.05) is 27.7 Å². The molecule has 3 aliphatic rings. The van der Waals surface area contributed by atoms with Crippen molar-refractivity contribution in [2.45, 2.75) is 57.8 Å². The molecule has 2 aliphatic heterocycles. The average Bonchev–Trinajstić information content (AvgIpc) is 2.49. The van der Waals surface area contributed by atoms with E-state index in [-0.39, 0.29) is 17.7 Å². The summed E-state index contributed by atoms with van der Waals surface area (Å²) in [6, 6.07) is 0. The monoisotopic (exact) mass is 227 g/mol. The van der Waals surface area contributed by atoms with Crippen molar-refractivity contribution in [1.82, 2.24) is 0 Å². The summed E-state index contributed by atoms with van der Waals surface area (Å²) in [5.41, 5.74) is 4.55. The highest BCUT2D eigenvalue weighted by molar-refractivity contribution is 5.80. The molecular weight excluding hydrogens is 206 g/mol. The predicted octanol–water partition coefficient (Wildman–Crippen LogP) is 1.22. The van der Waals surface area contributed by atoms with Crippen molar-refractivity contribution in [3.8, 4) is 0 Å². The largest absolute Gasteiger partial charge is 0.459 e. The molecule has 2 N–H and O–H groups in total. The Morgan fingerprint density at radius 3 is 2.44 bits per heavy atom. The molecule has 4 nitrogen and oxygen atoms in total. The van der Waals surface area contributed by atoms with Crippen LogP contribution in [0, 0.1) is 5.41 Å². The van der Waals surface area contributed by atoms with Gasteiger partial charge < -0.3 is 15.2 Å². The summed E-state index contributed by atoms with van der Waals surface area (Å²) in [5, 5.41) is 0. The van der Waals surface area contributed by atoms with Gasteiger partial charge in [0.15, 0.2) is 0 Å². The second-order valence-corrected chi connectivity index (χ2v) is 6.16. The van der Waals surface area contributed by atoms with Crippen molar-refractivity contribution in [3.05, 3.63) is 0 Å². The quantitative estimate of drug-likeness (QED) is 0.721. The third-order valence-corrected chi connectivity index (χ3v) is 3.66. The summed E-state index contributed by atoms with van der Waals surface area (Å²) >= 11 is 0. The lowest BCUT2D eigenvalue weighted by molar-refractivity contribution is -0.173. The zero-order valence-electron chi connectivity index (χ0n) is 10.5. The fourth-order valence-corrected chi connectivity index (χ4v) is 2.84. The predicted molar refractivity (Wildman–Crippen MR) is 59.8 cm³/mol. The third kappa shape index (κ3) is 1.55. The van der Waals surface area contributed by atoms with E-state index in [4.69, 9.17) is 15.2 Å². The molecule has 0 aromatic heterocycles. The summed E-state index contributed by atoms with van der Waals surface area (Å²) in [4.78, 5) is 12.1. The van der Waals surface area contributed by atoms with Crippen LogP contribution >= 0.6 is 0 Å². The highest BCUT2D eigenvalue weighted by atomic mass is 16.6.